The predicted octanol–water partition coefficient (Wildman–Crippen LogP) is 3.57. The summed E-state index contributed by atoms with van der Waals surface area (Å²) in [7, 11) is 0. The van der Waals surface area contributed by atoms with Crippen molar-refractivity contribution in [1.29, 1.82) is 0 Å². The maximum atomic E-state index is 5.81. The molecule has 0 heterocycles. The molecule has 2 heteroatoms. The molecule has 1 rings (SSSR count). The topological polar surface area (TPSA) is 0 Å². The molecule has 10 heavy (non-hydrogen) atoms. The zero-order chi connectivity index (χ0) is 7.56. The average molecular weight is 174 g/mol. The van der Waals surface area contributed by atoms with E-state index in [0.717, 1.165) is 15.6 Å². The molecular formula is C8H7Cl2. The van der Waals surface area contributed by atoms with Gasteiger partial charge in [-0.25, -0.2) is 0 Å². The molecule has 0 saturated heterocycles. The molecule has 0 bridgehead atoms. The number of halogens is 2. The molecule has 1 radical (unpaired) electrons. The van der Waals surface area contributed by atoms with Crippen LogP contribution in [0.3, 0.4) is 0 Å². The monoisotopic (exact) mass is 173 g/mol. The highest BCUT2D eigenvalue weighted by molar-refractivity contribution is 6.33. The van der Waals surface area contributed by atoms with Crippen LogP contribution in [0.1, 0.15) is 12.5 Å². The zero-order valence-electron chi connectivity index (χ0n) is 5.57. The highest BCUT2D eigenvalue weighted by atomic mass is 35.5. The van der Waals surface area contributed by atoms with Gasteiger partial charge in [0.2, 0.25) is 0 Å². The molecule has 0 spiro atoms. The van der Waals surface area contributed by atoms with E-state index in [-0.39, 0.29) is 0 Å². The third kappa shape index (κ3) is 1.65. The second-order valence-corrected chi connectivity index (χ2v) is 2.80. The van der Waals surface area contributed by atoms with Crippen LogP contribution in [0.4, 0.5) is 0 Å². The summed E-state index contributed by atoms with van der Waals surface area (Å²) in [6.07, 6.45) is 1.92. The fourth-order valence-electron chi connectivity index (χ4n) is 0.736. The van der Waals surface area contributed by atoms with E-state index in [2.05, 4.69) is 0 Å². The molecule has 0 unspecified atom stereocenters. The molecule has 0 atom stereocenters. The quantitative estimate of drug-likeness (QED) is 0.610. The van der Waals surface area contributed by atoms with Gasteiger partial charge in [0.25, 0.3) is 0 Å². The van der Waals surface area contributed by atoms with E-state index in [1.54, 1.807) is 12.1 Å². The molecule has 0 aromatic heterocycles. The largest absolute Gasteiger partial charge is 0.0843 e. The lowest BCUT2D eigenvalue weighted by atomic mass is 10.2. The van der Waals surface area contributed by atoms with Crippen molar-refractivity contribution in [2.24, 2.45) is 0 Å². The van der Waals surface area contributed by atoms with Crippen LogP contribution in [-0.4, -0.2) is 0 Å². The first-order chi connectivity index (χ1) is 4.74. The molecule has 53 valence electrons. The minimum atomic E-state index is 0.720. The van der Waals surface area contributed by atoms with E-state index in [1.165, 1.54) is 0 Å². The molecule has 1 aromatic carbocycles. The normalized spacial score (nSPS) is 9.90. The Kier molecular flexibility index (Phi) is 2.58. The van der Waals surface area contributed by atoms with Crippen molar-refractivity contribution < 1.29 is 0 Å². The summed E-state index contributed by atoms with van der Waals surface area (Å²) < 4.78 is 0. The van der Waals surface area contributed by atoms with Gasteiger partial charge >= 0.3 is 0 Å². The van der Waals surface area contributed by atoms with E-state index in [1.807, 2.05) is 19.4 Å². The zero-order valence-corrected chi connectivity index (χ0v) is 7.08. The Labute approximate surface area is 70.8 Å². The maximum Gasteiger partial charge on any atom is 0.0441 e. The van der Waals surface area contributed by atoms with Crippen molar-refractivity contribution in [3.63, 3.8) is 0 Å². The van der Waals surface area contributed by atoms with E-state index in [9.17, 15) is 0 Å². The highest BCUT2D eigenvalue weighted by Crippen LogP contribution is 2.21. The van der Waals surface area contributed by atoms with Crippen molar-refractivity contribution in [1.82, 2.24) is 0 Å². The van der Waals surface area contributed by atoms with Gasteiger partial charge in [0.1, 0.15) is 0 Å². The van der Waals surface area contributed by atoms with Crippen molar-refractivity contribution >= 4 is 23.2 Å². The van der Waals surface area contributed by atoms with Gasteiger partial charge in [0, 0.05) is 10.0 Å². The lowest BCUT2D eigenvalue weighted by molar-refractivity contribution is 1.42. The first kappa shape index (κ1) is 7.90. The summed E-state index contributed by atoms with van der Waals surface area (Å²) >= 11 is 11.5. The molecule has 0 aliphatic carbocycles. The minimum Gasteiger partial charge on any atom is -0.0843 e. The maximum absolute atomic E-state index is 5.81. The summed E-state index contributed by atoms with van der Waals surface area (Å²) in [6.45, 7) is 1.93. The van der Waals surface area contributed by atoms with E-state index in [4.69, 9.17) is 23.2 Å². The smallest absolute Gasteiger partial charge is 0.0441 e. The van der Waals surface area contributed by atoms with Crippen LogP contribution in [0.5, 0.6) is 0 Å². The Bertz CT molecular complexity index is 231. The van der Waals surface area contributed by atoms with Crippen LogP contribution < -0.4 is 0 Å². The van der Waals surface area contributed by atoms with Gasteiger partial charge < -0.3 is 0 Å². The molecule has 0 nitrogen and oxygen atoms in total. The standard InChI is InChI=1S/C8H7Cl2/c1-2-6-5-7(9)3-4-8(6)10/h2-5H,1H3. The number of benzene rings is 1. The highest BCUT2D eigenvalue weighted by Gasteiger charge is 1.96. The van der Waals surface area contributed by atoms with Crippen LogP contribution in [0.2, 0.25) is 10.0 Å². The van der Waals surface area contributed by atoms with E-state index >= 15 is 0 Å². The number of hydrogen-bond donors (Lipinski definition) is 0. The van der Waals surface area contributed by atoms with E-state index < -0.39 is 0 Å². The van der Waals surface area contributed by atoms with Crippen LogP contribution in [0.25, 0.3) is 0 Å². The summed E-state index contributed by atoms with van der Waals surface area (Å²) in [5.41, 5.74) is 0.981. The average Bonchev–Trinajstić information content (AvgIpc) is 1.94. The lowest BCUT2D eigenvalue weighted by Gasteiger charge is -1.98. The molecule has 1 aromatic rings. The van der Waals surface area contributed by atoms with Crippen LogP contribution in [0, 0.1) is 6.42 Å². The van der Waals surface area contributed by atoms with Gasteiger partial charge in [-0.15, -0.1) is 0 Å². The summed E-state index contributed by atoms with van der Waals surface area (Å²) in [5.74, 6) is 0. The molecular weight excluding hydrogens is 167 g/mol. The number of hydrogen-bond acceptors (Lipinski definition) is 0. The third-order valence-corrected chi connectivity index (χ3v) is 1.85. The fraction of sp³-hybridized carbons (Fsp3) is 0.125. The summed E-state index contributed by atoms with van der Waals surface area (Å²) in [4.78, 5) is 0. The first-order valence-electron chi connectivity index (χ1n) is 2.98. The summed E-state index contributed by atoms with van der Waals surface area (Å²) in [5, 5.41) is 1.46. The molecule has 0 amide bonds. The lowest BCUT2D eigenvalue weighted by Crippen LogP contribution is -1.78. The first-order valence-corrected chi connectivity index (χ1v) is 3.74. The second-order valence-electron chi connectivity index (χ2n) is 1.95. The molecule has 0 aliphatic rings. The Morgan fingerprint density at radius 3 is 2.50 bits per heavy atom. The van der Waals surface area contributed by atoms with Gasteiger partial charge in [0.05, 0.1) is 0 Å². The van der Waals surface area contributed by atoms with Gasteiger partial charge in [-0.3, -0.25) is 0 Å². The van der Waals surface area contributed by atoms with Crippen molar-refractivity contribution in [2.75, 3.05) is 0 Å². The molecule has 0 fully saturated rings. The van der Waals surface area contributed by atoms with Crippen LogP contribution in [0.15, 0.2) is 18.2 Å². The Morgan fingerprint density at radius 2 is 2.00 bits per heavy atom. The third-order valence-electron chi connectivity index (χ3n) is 1.27. The fourth-order valence-corrected chi connectivity index (χ4v) is 1.14. The molecule has 0 aliphatic heterocycles. The molecule has 0 N–H and O–H groups in total. The Balaban J connectivity index is 3.09. The number of rotatable bonds is 1. The van der Waals surface area contributed by atoms with Gasteiger partial charge in [-0.2, -0.15) is 0 Å². The van der Waals surface area contributed by atoms with Crippen LogP contribution >= 0.6 is 23.2 Å². The Morgan fingerprint density at radius 1 is 1.30 bits per heavy atom. The van der Waals surface area contributed by atoms with Crippen molar-refractivity contribution in [3.8, 4) is 0 Å². The minimum absolute atomic E-state index is 0.720. The van der Waals surface area contributed by atoms with Crippen molar-refractivity contribution in [3.05, 3.63) is 40.2 Å². The predicted molar refractivity (Wildman–Crippen MR) is 45.5 cm³/mol. The van der Waals surface area contributed by atoms with Crippen LogP contribution in [-0.2, 0) is 0 Å². The van der Waals surface area contributed by atoms with Crippen molar-refractivity contribution in [2.45, 2.75) is 6.92 Å². The van der Waals surface area contributed by atoms with E-state index in [0.29, 0.717) is 0 Å². The molecule has 0 saturated carbocycles. The summed E-state index contributed by atoms with van der Waals surface area (Å²) in [6, 6.07) is 5.40. The second kappa shape index (κ2) is 3.27. The van der Waals surface area contributed by atoms with Gasteiger partial charge in [0.15, 0.2) is 0 Å². The van der Waals surface area contributed by atoms with Gasteiger partial charge in [-0.1, -0.05) is 30.1 Å². The SMILES string of the molecule is C[CH]c1cc(Cl)ccc1Cl. The van der Waals surface area contributed by atoms with Gasteiger partial charge in [-0.05, 0) is 30.2 Å². The Hall–Kier alpha value is -0.200.